The van der Waals surface area contributed by atoms with Crippen molar-refractivity contribution in [2.24, 2.45) is 0 Å². The maximum Gasteiger partial charge on any atom is 0.0777 e. The predicted octanol–water partition coefficient (Wildman–Crippen LogP) is -2.09. The van der Waals surface area contributed by atoms with E-state index in [1.165, 1.54) is 19.3 Å². The van der Waals surface area contributed by atoms with E-state index >= 15 is 0 Å². The van der Waals surface area contributed by atoms with E-state index in [-0.39, 0.29) is 19.5 Å². The van der Waals surface area contributed by atoms with E-state index in [2.05, 4.69) is 12.2 Å². The van der Waals surface area contributed by atoms with Gasteiger partial charge in [-0.1, -0.05) is 23.3 Å². The molecule has 0 atom stereocenters. The van der Waals surface area contributed by atoms with Gasteiger partial charge in [0.1, 0.15) is 0 Å². The molecule has 0 spiro atoms. The second-order valence-electron chi connectivity index (χ2n) is 2.72. The van der Waals surface area contributed by atoms with Crippen molar-refractivity contribution < 1.29 is 48.4 Å². The zero-order chi connectivity index (χ0) is 9.19. The minimum absolute atomic E-state index is 0. The van der Waals surface area contributed by atoms with Gasteiger partial charge in [0, 0.05) is 19.5 Å². The summed E-state index contributed by atoms with van der Waals surface area (Å²) in [5.74, 6) is 0. The molecule has 2 bridgehead atoms. The third-order valence-corrected chi connectivity index (χ3v) is 1.78. The zero-order valence-corrected chi connectivity index (χ0v) is 9.05. The van der Waals surface area contributed by atoms with Crippen LogP contribution in [0.15, 0.2) is 23.3 Å². The van der Waals surface area contributed by atoms with Gasteiger partial charge in [-0.15, -0.1) is 0 Å². The largest absolute Gasteiger partial charge is 0.183 e. The molecule has 0 aromatic carbocycles. The van der Waals surface area contributed by atoms with Crippen LogP contribution in [-0.2, 0) is 19.5 Å². The zero-order valence-electron chi connectivity index (χ0n) is 6.66. The molecule has 2 aliphatic carbocycles. The fourth-order valence-electron chi connectivity index (χ4n) is 1.31. The molecule has 1 saturated carbocycles. The van der Waals surface area contributed by atoms with Gasteiger partial charge in [0.2, 0.25) is 0 Å². The van der Waals surface area contributed by atoms with Crippen LogP contribution in [0.25, 0.3) is 0 Å². The van der Waals surface area contributed by atoms with Crippen molar-refractivity contribution in [3.8, 4) is 0 Å². The summed E-state index contributed by atoms with van der Waals surface area (Å²) in [4.78, 5) is 0. The SMILES string of the molecule is C1=C2CCC(=C1)C2.[O-][Cl+3]([O-])([O-])O.[Rh]. The van der Waals surface area contributed by atoms with Gasteiger partial charge >= 0.3 is 0 Å². The molecule has 2 aliphatic rings. The Morgan fingerprint density at radius 3 is 1.46 bits per heavy atom. The molecule has 13 heavy (non-hydrogen) atoms. The average Bonchev–Trinajstić information content (AvgIpc) is 2.42. The minimum Gasteiger partial charge on any atom is -0.183 e. The Kier molecular flexibility index (Phi) is 5.29. The molecule has 1 radical (unpaired) electrons. The van der Waals surface area contributed by atoms with Crippen LogP contribution < -0.4 is 14.0 Å². The molecular formula is C7H9ClO4Rh. The van der Waals surface area contributed by atoms with E-state index in [0.717, 1.165) is 0 Å². The molecule has 1 fully saturated rings. The minimum atomic E-state index is -4.69. The molecule has 2 rings (SSSR count). The van der Waals surface area contributed by atoms with Crippen LogP contribution in [0.2, 0.25) is 0 Å². The van der Waals surface area contributed by atoms with E-state index in [0.29, 0.717) is 0 Å². The molecule has 0 amide bonds. The summed E-state index contributed by atoms with van der Waals surface area (Å²) in [5, 5.41) is 0. The molecule has 77 valence electrons. The second-order valence-corrected chi connectivity index (χ2v) is 3.51. The summed E-state index contributed by atoms with van der Waals surface area (Å²) < 4.78 is 32.7. The van der Waals surface area contributed by atoms with Crippen LogP contribution >= 0.6 is 0 Å². The molecule has 0 unspecified atom stereocenters. The Labute approximate surface area is 91.1 Å². The van der Waals surface area contributed by atoms with Gasteiger partial charge in [-0.2, -0.15) is 14.0 Å². The maximum atomic E-state index is 8.60. The molecule has 1 N–H and O–H groups in total. The third-order valence-electron chi connectivity index (χ3n) is 1.78. The first-order valence-electron chi connectivity index (χ1n) is 3.46. The fraction of sp³-hybridized carbons (Fsp3) is 0.429. The predicted molar refractivity (Wildman–Crippen MR) is 32.2 cm³/mol. The van der Waals surface area contributed by atoms with Crippen LogP contribution in [0.1, 0.15) is 19.3 Å². The van der Waals surface area contributed by atoms with Gasteiger partial charge in [0.15, 0.2) is 0 Å². The summed E-state index contributed by atoms with van der Waals surface area (Å²) in [6.45, 7) is 0. The van der Waals surface area contributed by atoms with E-state index in [1.807, 2.05) is 0 Å². The molecule has 0 heterocycles. The summed E-state index contributed by atoms with van der Waals surface area (Å²) in [6, 6.07) is 0. The summed E-state index contributed by atoms with van der Waals surface area (Å²) >= 11 is 0. The second kappa shape index (κ2) is 5.20. The monoisotopic (exact) mass is 295 g/mol. The Morgan fingerprint density at radius 2 is 1.38 bits per heavy atom. The van der Waals surface area contributed by atoms with Gasteiger partial charge in [-0.3, -0.25) is 0 Å². The van der Waals surface area contributed by atoms with E-state index in [1.54, 1.807) is 11.1 Å². The maximum absolute atomic E-state index is 8.60. The van der Waals surface area contributed by atoms with Gasteiger partial charge < -0.3 is 0 Å². The van der Waals surface area contributed by atoms with Gasteiger partial charge in [-0.25, -0.2) is 0 Å². The molecule has 0 aliphatic heterocycles. The van der Waals surface area contributed by atoms with Crippen LogP contribution in [0, 0.1) is 10.2 Å². The summed E-state index contributed by atoms with van der Waals surface area (Å²) in [6.07, 6.45) is 8.54. The Hall–Kier alpha value is 0.233. The van der Waals surface area contributed by atoms with Crippen LogP contribution in [0.5, 0.6) is 0 Å². The molecule has 0 aromatic heterocycles. The van der Waals surface area contributed by atoms with Crippen LogP contribution in [0.3, 0.4) is 0 Å². The number of allylic oxidation sites excluding steroid dienone is 4. The number of hydrogen-bond donors (Lipinski definition) is 1. The van der Waals surface area contributed by atoms with Gasteiger partial charge in [0.05, 0.1) is 14.9 Å². The van der Waals surface area contributed by atoms with E-state index < -0.39 is 10.2 Å². The summed E-state index contributed by atoms with van der Waals surface area (Å²) in [7, 11) is -4.69. The number of halogens is 1. The van der Waals surface area contributed by atoms with Crippen molar-refractivity contribution in [2.75, 3.05) is 0 Å². The van der Waals surface area contributed by atoms with Gasteiger partial charge in [0.25, 0.3) is 0 Å². The Balaban J connectivity index is 0.000000220. The molecular weight excluding hydrogens is 286 g/mol. The normalized spacial score (nSPS) is 18.2. The molecule has 0 aromatic rings. The quantitative estimate of drug-likeness (QED) is 0.519. The van der Waals surface area contributed by atoms with E-state index in [9.17, 15) is 0 Å². The van der Waals surface area contributed by atoms with E-state index in [4.69, 9.17) is 18.6 Å². The van der Waals surface area contributed by atoms with Gasteiger partial charge in [-0.05, 0) is 19.3 Å². The molecule has 4 nitrogen and oxygen atoms in total. The summed E-state index contributed by atoms with van der Waals surface area (Å²) in [5.41, 5.74) is 3.30. The topological polar surface area (TPSA) is 89.4 Å². The van der Waals surface area contributed by atoms with Crippen molar-refractivity contribution in [2.45, 2.75) is 19.3 Å². The van der Waals surface area contributed by atoms with Crippen molar-refractivity contribution in [1.29, 1.82) is 0 Å². The van der Waals surface area contributed by atoms with Crippen LogP contribution in [-0.4, -0.2) is 4.66 Å². The fourth-order valence-corrected chi connectivity index (χ4v) is 1.31. The molecule has 0 saturated heterocycles. The third kappa shape index (κ3) is 6.32. The number of rotatable bonds is 0. The first kappa shape index (κ1) is 13.2. The number of hydrogen-bond acceptors (Lipinski definition) is 4. The average molecular weight is 296 g/mol. The van der Waals surface area contributed by atoms with Crippen molar-refractivity contribution >= 4 is 0 Å². The standard InChI is InChI=1S/C7H8.ClHO4.Rh/c1-2-7-4-3-6(1)5-7;2-1(3,4)5;/h1-2H,3-5H2;(H,2,3,4,5);. The Morgan fingerprint density at radius 1 is 1.08 bits per heavy atom. The van der Waals surface area contributed by atoms with Crippen LogP contribution in [0.4, 0.5) is 0 Å². The molecule has 6 heteroatoms. The first-order valence-corrected chi connectivity index (χ1v) is 4.72. The van der Waals surface area contributed by atoms with Crippen molar-refractivity contribution in [1.82, 2.24) is 0 Å². The van der Waals surface area contributed by atoms with Crippen molar-refractivity contribution in [3.05, 3.63) is 23.3 Å². The smallest absolute Gasteiger partial charge is 0.0777 e. The van der Waals surface area contributed by atoms with Crippen molar-refractivity contribution in [3.63, 3.8) is 0 Å². The number of fused-ring (bicyclic) bond motifs is 2. The Bertz CT molecular complexity index is 207. The first-order chi connectivity index (χ1) is 5.45.